The number of hydrogen-bond donors (Lipinski definition) is 3. The highest BCUT2D eigenvalue weighted by Crippen LogP contribution is 2.39. The number of carboxylic acid groups (broad SMARTS) is 1. The van der Waals surface area contributed by atoms with Gasteiger partial charge in [-0.3, -0.25) is 0 Å². The summed E-state index contributed by atoms with van der Waals surface area (Å²) < 4.78 is 0.626. The molecule has 110 valence electrons. The molecule has 0 fully saturated rings. The standard InChI is InChI=1S/C13H8BrCl3N2O2/c14-7-1-2-9(11(17)10(7)16)19-12-6(13(20)21)3-5(18)4-8(12)15/h1-4,19H,18H2,(H,20,21). The van der Waals surface area contributed by atoms with E-state index in [1.807, 2.05) is 0 Å². The number of nitrogen functional groups attached to an aromatic ring is 1. The summed E-state index contributed by atoms with van der Waals surface area (Å²) in [6.07, 6.45) is 0. The van der Waals surface area contributed by atoms with E-state index >= 15 is 0 Å². The first-order valence-electron chi connectivity index (χ1n) is 5.54. The van der Waals surface area contributed by atoms with Crippen molar-refractivity contribution in [3.05, 3.63) is 49.4 Å². The molecule has 2 rings (SSSR count). The molecule has 21 heavy (non-hydrogen) atoms. The molecule has 0 aliphatic carbocycles. The Hall–Kier alpha value is -1.14. The van der Waals surface area contributed by atoms with Gasteiger partial charge in [-0.15, -0.1) is 0 Å². The summed E-state index contributed by atoms with van der Waals surface area (Å²) in [5.74, 6) is -1.16. The zero-order valence-corrected chi connectivity index (χ0v) is 14.1. The maximum absolute atomic E-state index is 11.3. The smallest absolute Gasteiger partial charge is 0.337 e. The van der Waals surface area contributed by atoms with Gasteiger partial charge < -0.3 is 16.2 Å². The van der Waals surface area contributed by atoms with Crippen molar-refractivity contribution in [1.29, 1.82) is 0 Å². The Bertz CT molecular complexity index is 738. The number of nitrogens with two attached hydrogens (primary N) is 1. The zero-order valence-electron chi connectivity index (χ0n) is 10.3. The van der Waals surface area contributed by atoms with Crippen molar-refractivity contribution in [2.45, 2.75) is 0 Å². The number of carbonyl (C=O) groups is 1. The lowest BCUT2D eigenvalue weighted by Crippen LogP contribution is -2.05. The molecule has 0 bridgehead atoms. The maximum Gasteiger partial charge on any atom is 0.337 e. The van der Waals surface area contributed by atoms with Gasteiger partial charge in [0.05, 0.1) is 32.0 Å². The lowest BCUT2D eigenvalue weighted by Gasteiger charge is -2.14. The van der Waals surface area contributed by atoms with E-state index in [1.165, 1.54) is 12.1 Å². The molecule has 0 unspecified atom stereocenters. The molecular weight excluding hydrogens is 402 g/mol. The number of anilines is 3. The molecule has 4 nitrogen and oxygen atoms in total. The second-order valence-electron chi connectivity index (χ2n) is 4.08. The number of nitrogens with one attached hydrogen (secondary N) is 1. The zero-order chi connectivity index (χ0) is 15.7. The van der Waals surface area contributed by atoms with Gasteiger partial charge in [-0.25, -0.2) is 4.79 Å². The largest absolute Gasteiger partial charge is 0.478 e. The minimum atomic E-state index is -1.16. The van der Waals surface area contributed by atoms with Crippen LogP contribution in [0.25, 0.3) is 0 Å². The molecule has 0 aliphatic heterocycles. The summed E-state index contributed by atoms with van der Waals surface area (Å²) in [4.78, 5) is 11.3. The van der Waals surface area contributed by atoms with Gasteiger partial charge in [0.15, 0.2) is 0 Å². The molecule has 4 N–H and O–H groups in total. The first-order valence-corrected chi connectivity index (χ1v) is 7.46. The highest BCUT2D eigenvalue weighted by atomic mass is 79.9. The predicted octanol–water partition coefficient (Wildman–Crippen LogP) is 5.43. The Morgan fingerprint density at radius 1 is 1.19 bits per heavy atom. The van der Waals surface area contributed by atoms with E-state index in [2.05, 4.69) is 21.2 Å². The van der Waals surface area contributed by atoms with Crippen molar-refractivity contribution in [3.63, 3.8) is 0 Å². The minimum Gasteiger partial charge on any atom is -0.478 e. The first kappa shape index (κ1) is 16.2. The lowest BCUT2D eigenvalue weighted by atomic mass is 10.1. The van der Waals surface area contributed by atoms with Gasteiger partial charge in [0.1, 0.15) is 0 Å². The van der Waals surface area contributed by atoms with Crippen LogP contribution in [-0.4, -0.2) is 11.1 Å². The molecule has 0 atom stereocenters. The van der Waals surface area contributed by atoms with Crippen LogP contribution in [0, 0.1) is 0 Å². The molecule has 0 aromatic heterocycles. The van der Waals surface area contributed by atoms with Crippen LogP contribution in [0.1, 0.15) is 10.4 Å². The van der Waals surface area contributed by atoms with Crippen molar-refractivity contribution in [2.75, 3.05) is 11.1 Å². The summed E-state index contributed by atoms with van der Waals surface area (Å²) in [6, 6.07) is 6.09. The van der Waals surface area contributed by atoms with E-state index in [0.717, 1.165) is 0 Å². The van der Waals surface area contributed by atoms with Crippen LogP contribution in [0.5, 0.6) is 0 Å². The molecule has 0 saturated carbocycles. The third kappa shape index (κ3) is 3.37. The molecule has 2 aromatic carbocycles. The molecule has 8 heteroatoms. The van der Waals surface area contributed by atoms with E-state index in [9.17, 15) is 9.90 Å². The molecule has 0 radical (unpaired) electrons. The van der Waals surface area contributed by atoms with Crippen molar-refractivity contribution >= 4 is 73.8 Å². The summed E-state index contributed by atoms with van der Waals surface area (Å²) in [5, 5.41) is 12.8. The number of benzene rings is 2. The van der Waals surface area contributed by atoms with Crippen molar-refractivity contribution in [1.82, 2.24) is 0 Å². The normalized spacial score (nSPS) is 10.5. The number of hydrogen-bond acceptors (Lipinski definition) is 3. The third-order valence-electron chi connectivity index (χ3n) is 2.64. The van der Waals surface area contributed by atoms with Gasteiger partial charge in [-0.1, -0.05) is 34.8 Å². The van der Waals surface area contributed by atoms with Gasteiger partial charge in [0.2, 0.25) is 0 Å². The van der Waals surface area contributed by atoms with E-state index in [-0.39, 0.29) is 27.0 Å². The van der Waals surface area contributed by atoms with Gasteiger partial charge in [-0.05, 0) is 40.2 Å². The first-order chi connectivity index (χ1) is 9.81. The Kier molecular flexibility index (Phi) is 4.88. The molecular formula is C13H8BrCl3N2O2. The maximum atomic E-state index is 11.3. The van der Waals surface area contributed by atoms with Crippen LogP contribution in [0.4, 0.5) is 17.1 Å². The third-order valence-corrected chi connectivity index (χ3v) is 4.71. The Morgan fingerprint density at radius 2 is 1.86 bits per heavy atom. The summed E-state index contributed by atoms with van der Waals surface area (Å²) >= 11 is 21.5. The SMILES string of the molecule is Nc1cc(Cl)c(Nc2ccc(Br)c(Cl)c2Cl)c(C(=O)O)c1. The highest BCUT2D eigenvalue weighted by molar-refractivity contribution is 9.10. The van der Waals surface area contributed by atoms with Gasteiger partial charge >= 0.3 is 5.97 Å². The Labute approximate surface area is 143 Å². The fourth-order valence-corrected chi connectivity index (χ4v) is 2.78. The molecule has 0 aliphatic rings. The van der Waals surface area contributed by atoms with Crippen LogP contribution in [-0.2, 0) is 0 Å². The fraction of sp³-hybridized carbons (Fsp3) is 0. The van der Waals surface area contributed by atoms with Crippen LogP contribution in [0.3, 0.4) is 0 Å². The van der Waals surface area contributed by atoms with Gasteiger partial charge in [-0.2, -0.15) is 0 Å². The highest BCUT2D eigenvalue weighted by Gasteiger charge is 2.17. The molecule has 0 saturated heterocycles. The summed E-state index contributed by atoms with van der Waals surface area (Å²) in [7, 11) is 0. The van der Waals surface area contributed by atoms with Crippen molar-refractivity contribution in [2.24, 2.45) is 0 Å². The Morgan fingerprint density at radius 3 is 2.48 bits per heavy atom. The average molecular weight is 410 g/mol. The lowest BCUT2D eigenvalue weighted by molar-refractivity contribution is 0.0698. The van der Waals surface area contributed by atoms with E-state index < -0.39 is 5.97 Å². The van der Waals surface area contributed by atoms with Crippen LogP contribution >= 0.6 is 50.7 Å². The summed E-state index contributed by atoms with van der Waals surface area (Å²) in [5.41, 5.74) is 6.42. The van der Waals surface area contributed by atoms with Crippen LogP contribution in [0.15, 0.2) is 28.7 Å². The van der Waals surface area contributed by atoms with E-state index in [1.54, 1.807) is 12.1 Å². The quantitative estimate of drug-likeness (QED) is 0.466. The second kappa shape index (κ2) is 6.32. The molecule has 0 heterocycles. The fourth-order valence-electron chi connectivity index (χ4n) is 1.68. The summed E-state index contributed by atoms with van der Waals surface area (Å²) in [6.45, 7) is 0. The number of carboxylic acids is 1. The number of rotatable bonds is 3. The van der Waals surface area contributed by atoms with E-state index in [4.69, 9.17) is 40.5 Å². The van der Waals surface area contributed by atoms with Crippen LogP contribution in [0.2, 0.25) is 15.1 Å². The Balaban J connectivity index is 2.54. The monoisotopic (exact) mass is 408 g/mol. The predicted molar refractivity (Wildman–Crippen MR) is 90.3 cm³/mol. The molecule has 0 spiro atoms. The minimum absolute atomic E-state index is 0.0601. The second-order valence-corrected chi connectivity index (χ2v) is 6.10. The van der Waals surface area contributed by atoms with Gasteiger partial charge in [0, 0.05) is 10.2 Å². The average Bonchev–Trinajstić information content (AvgIpc) is 2.41. The van der Waals surface area contributed by atoms with Crippen LogP contribution < -0.4 is 11.1 Å². The van der Waals surface area contributed by atoms with Crippen molar-refractivity contribution in [3.8, 4) is 0 Å². The van der Waals surface area contributed by atoms with E-state index in [0.29, 0.717) is 15.2 Å². The van der Waals surface area contributed by atoms with Gasteiger partial charge in [0.25, 0.3) is 0 Å². The topological polar surface area (TPSA) is 75.3 Å². The number of halogens is 4. The molecule has 2 aromatic rings. The molecule has 0 amide bonds. The number of aromatic carboxylic acids is 1. The van der Waals surface area contributed by atoms with Crippen molar-refractivity contribution < 1.29 is 9.90 Å².